The molecule has 10 heavy (non-hydrogen) atoms. The molecule has 0 amide bonds. The summed E-state index contributed by atoms with van der Waals surface area (Å²) in [7, 11) is 0. The van der Waals surface area contributed by atoms with Crippen LogP contribution in [0.1, 0.15) is 13.8 Å². The number of hydrogen-bond acceptors (Lipinski definition) is 3. The summed E-state index contributed by atoms with van der Waals surface area (Å²) in [5.41, 5.74) is -0.242. The van der Waals surface area contributed by atoms with Crippen LogP contribution in [0.3, 0.4) is 0 Å². The van der Waals surface area contributed by atoms with Gasteiger partial charge in [-0.15, -0.1) is 0 Å². The molecule has 1 heterocycles. The molecule has 3 nitrogen and oxygen atoms in total. The van der Waals surface area contributed by atoms with E-state index in [2.05, 4.69) is 16.1 Å². The lowest BCUT2D eigenvalue weighted by Gasteiger charge is -2.29. The van der Waals surface area contributed by atoms with Gasteiger partial charge in [0, 0.05) is 0 Å². The topological polar surface area (TPSA) is 35.5 Å². The average molecular weight is 142 g/mol. The van der Waals surface area contributed by atoms with Crippen LogP contribution in [0.15, 0.2) is 12.3 Å². The summed E-state index contributed by atoms with van der Waals surface area (Å²) >= 11 is 0. The van der Waals surface area contributed by atoms with E-state index in [1.165, 1.54) is 0 Å². The molecule has 0 bridgehead atoms. The van der Waals surface area contributed by atoms with Crippen molar-refractivity contribution in [2.24, 2.45) is 5.41 Å². The van der Waals surface area contributed by atoms with E-state index in [4.69, 9.17) is 0 Å². The van der Waals surface area contributed by atoms with E-state index in [-0.39, 0.29) is 5.41 Å². The van der Waals surface area contributed by atoms with E-state index in [9.17, 15) is 4.79 Å². The van der Waals surface area contributed by atoms with Crippen molar-refractivity contribution < 1.29 is 14.3 Å². The highest BCUT2D eigenvalue weighted by Crippen LogP contribution is 2.29. The monoisotopic (exact) mass is 142 g/mol. The van der Waals surface area contributed by atoms with E-state index in [1.807, 2.05) is 13.8 Å². The zero-order chi connectivity index (χ0) is 7.78. The van der Waals surface area contributed by atoms with Gasteiger partial charge >= 0.3 is 6.16 Å². The Kier molecular flexibility index (Phi) is 1.43. The minimum Gasteiger partial charge on any atom is -0.433 e. The third-order valence-electron chi connectivity index (χ3n) is 1.51. The molecule has 0 N–H and O–H groups in total. The van der Waals surface area contributed by atoms with Crippen LogP contribution in [0.5, 0.6) is 0 Å². The average Bonchev–Trinajstić information content (AvgIpc) is 1.81. The van der Waals surface area contributed by atoms with Gasteiger partial charge in [0.15, 0.2) is 0 Å². The minimum atomic E-state index is -0.649. The summed E-state index contributed by atoms with van der Waals surface area (Å²) in [6, 6.07) is 0. The van der Waals surface area contributed by atoms with Crippen molar-refractivity contribution >= 4 is 6.16 Å². The maximum atomic E-state index is 10.5. The molecule has 0 radical (unpaired) electrons. The molecule has 56 valence electrons. The molecule has 0 aromatic carbocycles. The van der Waals surface area contributed by atoms with E-state index >= 15 is 0 Å². The molecule has 1 fully saturated rings. The Labute approximate surface area is 59.6 Å². The first-order valence-corrected chi connectivity index (χ1v) is 3.06. The smallest absolute Gasteiger partial charge is 0.433 e. The fraction of sp³-hybridized carbons (Fsp3) is 0.571. The molecule has 1 saturated heterocycles. The lowest BCUT2D eigenvalue weighted by molar-refractivity contribution is -0.00321. The highest BCUT2D eigenvalue weighted by molar-refractivity contribution is 5.62. The van der Waals surface area contributed by atoms with Gasteiger partial charge < -0.3 is 9.47 Å². The second-order valence-electron chi connectivity index (χ2n) is 2.95. The van der Waals surface area contributed by atoms with Gasteiger partial charge in [0.2, 0.25) is 0 Å². The third-order valence-corrected chi connectivity index (χ3v) is 1.51. The Morgan fingerprint density at radius 1 is 1.60 bits per heavy atom. The van der Waals surface area contributed by atoms with Gasteiger partial charge in [0.1, 0.15) is 12.4 Å². The fourth-order valence-corrected chi connectivity index (χ4v) is 0.588. The summed E-state index contributed by atoms with van der Waals surface area (Å²) in [4.78, 5) is 10.5. The molecular formula is C7H10O3. The number of rotatable bonds is 0. The SMILES string of the molecule is C=C1OC(=O)OCC1(C)C. The van der Waals surface area contributed by atoms with Crippen LogP contribution in [0, 0.1) is 5.41 Å². The summed E-state index contributed by atoms with van der Waals surface area (Å²) in [5.74, 6) is 0.476. The maximum Gasteiger partial charge on any atom is 0.513 e. The lowest BCUT2D eigenvalue weighted by Crippen LogP contribution is -2.31. The maximum absolute atomic E-state index is 10.5. The van der Waals surface area contributed by atoms with Crippen molar-refractivity contribution in [2.45, 2.75) is 13.8 Å². The minimum absolute atomic E-state index is 0.242. The Morgan fingerprint density at radius 2 is 2.20 bits per heavy atom. The molecule has 0 spiro atoms. The van der Waals surface area contributed by atoms with Crippen LogP contribution < -0.4 is 0 Å². The quantitative estimate of drug-likeness (QED) is 0.483. The molecule has 3 heteroatoms. The van der Waals surface area contributed by atoms with Gasteiger partial charge in [-0.2, -0.15) is 0 Å². The van der Waals surface area contributed by atoms with Gasteiger partial charge in [-0.25, -0.2) is 4.79 Å². The zero-order valence-electron chi connectivity index (χ0n) is 6.14. The van der Waals surface area contributed by atoms with E-state index in [0.29, 0.717) is 12.4 Å². The van der Waals surface area contributed by atoms with Crippen LogP contribution in [0.4, 0.5) is 4.79 Å². The largest absolute Gasteiger partial charge is 0.513 e. The predicted octanol–water partition coefficient (Wildman–Crippen LogP) is 1.69. The molecule has 0 aromatic rings. The molecule has 0 aliphatic carbocycles. The first kappa shape index (κ1) is 7.12. The fourth-order valence-electron chi connectivity index (χ4n) is 0.588. The number of cyclic esters (lactones) is 2. The second kappa shape index (κ2) is 2.01. The summed E-state index contributed by atoms with van der Waals surface area (Å²) in [6.07, 6.45) is -0.649. The standard InChI is InChI=1S/C7H10O3/c1-5-7(2,3)4-9-6(8)10-5/h1,4H2,2-3H3. The lowest BCUT2D eigenvalue weighted by atomic mass is 9.92. The number of ether oxygens (including phenoxy) is 2. The predicted molar refractivity (Wildman–Crippen MR) is 35.4 cm³/mol. The van der Waals surface area contributed by atoms with Crippen LogP contribution in [-0.2, 0) is 9.47 Å². The van der Waals surface area contributed by atoms with Crippen LogP contribution in [-0.4, -0.2) is 12.8 Å². The van der Waals surface area contributed by atoms with Gasteiger partial charge in [-0.3, -0.25) is 0 Å². The third kappa shape index (κ3) is 1.12. The van der Waals surface area contributed by atoms with Crippen molar-refractivity contribution in [3.05, 3.63) is 12.3 Å². The van der Waals surface area contributed by atoms with Gasteiger partial charge in [0.05, 0.1) is 5.41 Å². The number of carbonyl (C=O) groups excluding carboxylic acids is 1. The highest BCUT2D eigenvalue weighted by atomic mass is 16.7. The van der Waals surface area contributed by atoms with Crippen LogP contribution in [0.25, 0.3) is 0 Å². The first-order valence-electron chi connectivity index (χ1n) is 3.06. The van der Waals surface area contributed by atoms with Crippen molar-refractivity contribution in [2.75, 3.05) is 6.61 Å². The Hall–Kier alpha value is -0.990. The molecule has 1 rings (SSSR count). The Morgan fingerprint density at radius 3 is 2.60 bits per heavy atom. The van der Waals surface area contributed by atoms with Crippen LogP contribution >= 0.6 is 0 Å². The molecule has 1 aliphatic rings. The first-order chi connectivity index (χ1) is 4.52. The molecule has 0 saturated carbocycles. The van der Waals surface area contributed by atoms with Gasteiger partial charge in [0.25, 0.3) is 0 Å². The van der Waals surface area contributed by atoms with E-state index in [0.717, 1.165) is 0 Å². The Balaban J connectivity index is 2.70. The van der Waals surface area contributed by atoms with Crippen molar-refractivity contribution in [1.82, 2.24) is 0 Å². The highest BCUT2D eigenvalue weighted by Gasteiger charge is 2.32. The molecule has 0 aromatic heterocycles. The normalized spacial score (nSPS) is 23.4. The zero-order valence-corrected chi connectivity index (χ0v) is 6.14. The van der Waals surface area contributed by atoms with Crippen molar-refractivity contribution in [3.63, 3.8) is 0 Å². The van der Waals surface area contributed by atoms with E-state index in [1.54, 1.807) is 0 Å². The molecular weight excluding hydrogens is 132 g/mol. The summed E-state index contributed by atoms with van der Waals surface area (Å²) in [5, 5.41) is 0. The molecule has 0 atom stereocenters. The Bertz CT molecular complexity index is 181. The van der Waals surface area contributed by atoms with E-state index < -0.39 is 6.16 Å². The molecule has 0 unspecified atom stereocenters. The summed E-state index contributed by atoms with van der Waals surface area (Å²) in [6.45, 7) is 7.76. The van der Waals surface area contributed by atoms with Gasteiger partial charge in [-0.1, -0.05) is 6.58 Å². The van der Waals surface area contributed by atoms with Crippen molar-refractivity contribution in [1.29, 1.82) is 0 Å². The second-order valence-corrected chi connectivity index (χ2v) is 2.95. The van der Waals surface area contributed by atoms with Crippen LogP contribution in [0.2, 0.25) is 0 Å². The number of hydrogen-bond donors (Lipinski definition) is 0. The molecule has 1 aliphatic heterocycles. The summed E-state index contributed by atoms with van der Waals surface area (Å²) < 4.78 is 9.29. The van der Waals surface area contributed by atoms with Gasteiger partial charge in [-0.05, 0) is 13.8 Å². The number of carbonyl (C=O) groups is 1. The van der Waals surface area contributed by atoms with Crippen molar-refractivity contribution in [3.8, 4) is 0 Å².